The maximum absolute atomic E-state index is 12.5. The van der Waals surface area contributed by atoms with E-state index in [1.807, 2.05) is 0 Å². The number of aromatic amines is 1. The standard InChI is InChI=1S/C15H10F3N3O2/c16-15(17,18)8-1-3-9(4-2-8)19-14-20-10-5-12-13(23-7-22-12)6-11(10)21-14/h1-6H,7H2,(H2,19,20,21). The minimum absolute atomic E-state index is 0.179. The minimum Gasteiger partial charge on any atom is -0.454 e. The molecule has 8 heteroatoms. The number of alkyl halides is 3. The second kappa shape index (κ2) is 4.80. The summed E-state index contributed by atoms with van der Waals surface area (Å²) >= 11 is 0. The van der Waals surface area contributed by atoms with Crippen LogP contribution in [0, 0.1) is 0 Å². The highest BCUT2D eigenvalue weighted by atomic mass is 19.4. The molecular formula is C15H10F3N3O2. The predicted molar refractivity (Wildman–Crippen MR) is 76.9 cm³/mol. The van der Waals surface area contributed by atoms with Crippen molar-refractivity contribution in [2.45, 2.75) is 6.18 Å². The van der Waals surface area contributed by atoms with Gasteiger partial charge >= 0.3 is 6.18 Å². The summed E-state index contributed by atoms with van der Waals surface area (Å²) in [6.45, 7) is 0.179. The Morgan fingerprint density at radius 1 is 1.04 bits per heavy atom. The molecule has 2 aromatic carbocycles. The third-order valence-electron chi connectivity index (χ3n) is 3.45. The van der Waals surface area contributed by atoms with Crippen LogP contribution in [-0.4, -0.2) is 16.8 Å². The molecule has 0 fully saturated rings. The van der Waals surface area contributed by atoms with Gasteiger partial charge in [-0.05, 0) is 24.3 Å². The van der Waals surface area contributed by atoms with E-state index in [-0.39, 0.29) is 6.79 Å². The lowest BCUT2D eigenvalue weighted by molar-refractivity contribution is -0.137. The van der Waals surface area contributed by atoms with Gasteiger partial charge in [-0.1, -0.05) is 0 Å². The Morgan fingerprint density at radius 2 is 1.74 bits per heavy atom. The molecule has 3 aromatic rings. The molecule has 0 amide bonds. The van der Waals surface area contributed by atoms with Crippen LogP contribution in [0.25, 0.3) is 11.0 Å². The number of anilines is 2. The number of H-pyrrole nitrogens is 1. The first-order valence-corrected chi connectivity index (χ1v) is 6.73. The minimum atomic E-state index is -4.35. The summed E-state index contributed by atoms with van der Waals surface area (Å²) in [5.41, 5.74) is 1.21. The molecule has 0 saturated heterocycles. The molecule has 0 atom stereocenters. The summed E-state index contributed by atoms with van der Waals surface area (Å²) in [7, 11) is 0. The van der Waals surface area contributed by atoms with Gasteiger partial charge in [-0.2, -0.15) is 13.2 Å². The summed E-state index contributed by atoms with van der Waals surface area (Å²) in [5.74, 6) is 1.66. The molecule has 23 heavy (non-hydrogen) atoms. The number of ether oxygens (including phenoxy) is 2. The SMILES string of the molecule is FC(F)(F)c1ccc(Nc2nc3cc4c(cc3[nH]2)OCO4)cc1. The Kier molecular flexibility index (Phi) is 2.87. The molecular weight excluding hydrogens is 311 g/mol. The van der Waals surface area contributed by atoms with E-state index < -0.39 is 11.7 Å². The molecule has 0 spiro atoms. The van der Waals surface area contributed by atoms with Gasteiger partial charge in [-0.15, -0.1) is 0 Å². The van der Waals surface area contributed by atoms with Gasteiger partial charge in [-0.25, -0.2) is 4.98 Å². The molecule has 0 unspecified atom stereocenters. The van der Waals surface area contributed by atoms with Crippen molar-refractivity contribution in [1.29, 1.82) is 0 Å². The third kappa shape index (κ3) is 2.52. The van der Waals surface area contributed by atoms with Crippen LogP contribution in [0.1, 0.15) is 5.56 Å². The molecule has 1 aliphatic heterocycles. The number of benzene rings is 2. The molecule has 1 aliphatic rings. The molecule has 1 aromatic heterocycles. The first-order chi connectivity index (χ1) is 11.0. The van der Waals surface area contributed by atoms with Crippen LogP contribution in [0.5, 0.6) is 11.5 Å². The van der Waals surface area contributed by atoms with Crippen molar-refractivity contribution in [2.24, 2.45) is 0 Å². The number of nitrogens with zero attached hydrogens (tertiary/aromatic N) is 1. The monoisotopic (exact) mass is 321 g/mol. The highest BCUT2D eigenvalue weighted by Crippen LogP contribution is 2.36. The Bertz CT molecular complexity index is 831. The normalized spacial score (nSPS) is 13.5. The van der Waals surface area contributed by atoms with Gasteiger partial charge in [0, 0.05) is 17.8 Å². The summed E-state index contributed by atoms with van der Waals surface area (Å²) in [4.78, 5) is 7.37. The van der Waals surface area contributed by atoms with Crippen LogP contribution in [0.2, 0.25) is 0 Å². The smallest absolute Gasteiger partial charge is 0.416 e. The number of rotatable bonds is 2. The second-order valence-corrected chi connectivity index (χ2v) is 5.01. The first-order valence-electron chi connectivity index (χ1n) is 6.73. The van der Waals surface area contributed by atoms with E-state index in [4.69, 9.17) is 9.47 Å². The molecule has 0 radical (unpaired) electrons. The van der Waals surface area contributed by atoms with Gasteiger partial charge in [0.2, 0.25) is 12.7 Å². The van der Waals surface area contributed by atoms with Crippen molar-refractivity contribution in [3.63, 3.8) is 0 Å². The Morgan fingerprint density at radius 3 is 2.43 bits per heavy atom. The lowest BCUT2D eigenvalue weighted by atomic mass is 10.2. The van der Waals surface area contributed by atoms with E-state index in [0.29, 0.717) is 28.7 Å². The fourth-order valence-electron chi connectivity index (χ4n) is 2.34. The van der Waals surface area contributed by atoms with Gasteiger partial charge in [0.25, 0.3) is 0 Å². The van der Waals surface area contributed by atoms with Crippen LogP contribution in [0.3, 0.4) is 0 Å². The Labute approximate surface area is 128 Å². The number of hydrogen-bond acceptors (Lipinski definition) is 4. The average molecular weight is 321 g/mol. The zero-order valence-electron chi connectivity index (χ0n) is 11.6. The van der Waals surface area contributed by atoms with Crippen molar-refractivity contribution in [3.05, 3.63) is 42.0 Å². The van der Waals surface area contributed by atoms with Crippen molar-refractivity contribution in [2.75, 3.05) is 12.1 Å². The predicted octanol–water partition coefficient (Wildman–Crippen LogP) is 4.05. The molecule has 2 N–H and O–H groups in total. The van der Waals surface area contributed by atoms with Crippen LogP contribution >= 0.6 is 0 Å². The highest BCUT2D eigenvalue weighted by Gasteiger charge is 2.29. The van der Waals surface area contributed by atoms with E-state index in [1.165, 1.54) is 12.1 Å². The Balaban J connectivity index is 1.60. The number of hydrogen-bond donors (Lipinski definition) is 2. The van der Waals surface area contributed by atoms with Gasteiger partial charge in [0.15, 0.2) is 11.5 Å². The van der Waals surface area contributed by atoms with E-state index in [2.05, 4.69) is 15.3 Å². The lowest BCUT2D eigenvalue weighted by Crippen LogP contribution is -2.04. The van der Waals surface area contributed by atoms with Crippen molar-refractivity contribution >= 4 is 22.7 Å². The van der Waals surface area contributed by atoms with Gasteiger partial charge in [0.05, 0.1) is 16.6 Å². The molecule has 0 saturated carbocycles. The highest BCUT2D eigenvalue weighted by molar-refractivity contribution is 5.82. The number of aromatic nitrogens is 2. The first kappa shape index (κ1) is 13.7. The van der Waals surface area contributed by atoms with Crippen molar-refractivity contribution < 1.29 is 22.6 Å². The van der Waals surface area contributed by atoms with Gasteiger partial charge < -0.3 is 19.8 Å². The van der Waals surface area contributed by atoms with E-state index in [1.54, 1.807) is 12.1 Å². The fraction of sp³-hybridized carbons (Fsp3) is 0.133. The summed E-state index contributed by atoms with van der Waals surface area (Å²) < 4.78 is 48.2. The van der Waals surface area contributed by atoms with Crippen LogP contribution < -0.4 is 14.8 Å². The fourth-order valence-corrected chi connectivity index (χ4v) is 2.34. The number of fused-ring (bicyclic) bond motifs is 2. The van der Waals surface area contributed by atoms with Gasteiger partial charge in [0.1, 0.15) is 0 Å². The third-order valence-corrected chi connectivity index (χ3v) is 3.45. The maximum atomic E-state index is 12.5. The average Bonchev–Trinajstić information content (AvgIpc) is 3.09. The molecule has 118 valence electrons. The molecule has 5 nitrogen and oxygen atoms in total. The zero-order valence-corrected chi connectivity index (χ0v) is 11.6. The van der Waals surface area contributed by atoms with Crippen molar-refractivity contribution in [3.8, 4) is 11.5 Å². The summed E-state index contributed by atoms with van der Waals surface area (Å²) in [6.07, 6.45) is -4.35. The quantitative estimate of drug-likeness (QED) is 0.747. The molecule has 0 bridgehead atoms. The summed E-state index contributed by atoms with van der Waals surface area (Å²) in [6, 6.07) is 8.24. The molecule has 2 heterocycles. The maximum Gasteiger partial charge on any atom is 0.416 e. The van der Waals surface area contributed by atoms with Crippen molar-refractivity contribution in [1.82, 2.24) is 9.97 Å². The Hall–Kier alpha value is -2.90. The van der Waals surface area contributed by atoms with E-state index in [0.717, 1.165) is 17.6 Å². The van der Waals surface area contributed by atoms with E-state index in [9.17, 15) is 13.2 Å². The number of nitrogens with one attached hydrogen (secondary N) is 2. The van der Waals surface area contributed by atoms with Crippen LogP contribution in [0.4, 0.5) is 24.8 Å². The molecule has 4 rings (SSSR count). The van der Waals surface area contributed by atoms with Gasteiger partial charge in [-0.3, -0.25) is 0 Å². The van der Waals surface area contributed by atoms with Crippen LogP contribution in [-0.2, 0) is 6.18 Å². The largest absolute Gasteiger partial charge is 0.454 e. The summed E-state index contributed by atoms with van der Waals surface area (Å²) in [5, 5.41) is 2.93. The number of imidazole rings is 1. The topological polar surface area (TPSA) is 59.2 Å². The zero-order chi connectivity index (χ0) is 16.0. The van der Waals surface area contributed by atoms with Crippen LogP contribution in [0.15, 0.2) is 36.4 Å². The van der Waals surface area contributed by atoms with E-state index >= 15 is 0 Å². The second-order valence-electron chi connectivity index (χ2n) is 5.01. The molecule has 0 aliphatic carbocycles. The number of halogens is 3. The lowest BCUT2D eigenvalue weighted by Gasteiger charge is -2.07.